The number of thiazole rings is 1. The van der Waals surface area contributed by atoms with Crippen molar-refractivity contribution in [2.24, 2.45) is 5.92 Å². The molecule has 1 aromatic heterocycles. The van der Waals surface area contributed by atoms with E-state index in [0.29, 0.717) is 36.2 Å². The highest BCUT2D eigenvalue weighted by atomic mass is 35.5. The van der Waals surface area contributed by atoms with Gasteiger partial charge in [-0.15, -0.1) is 12.4 Å². The Morgan fingerprint density at radius 2 is 1.83 bits per heavy atom. The zero-order valence-corrected chi connectivity index (χ0v) is 22.8. The summed E-state index contributed by atoms with van der Waals surface area (Å²) in [5.41, 5.74) is 1.32. The molecule has 3 aromatic rings. The van der Waals surface area contributed by atoms with Crippen LogP contribution in [0, 0.1) is 5.92 Å². The third-order valence-electron chi connectivity index (χ3n) is 6.10. The van der Waals surface area contributed by atoms with Crippen molar-refractivity contribution in [2.45, 2.75) is 31.1 Å². The van der Waals surface area contributed by atoms with Crippen molar-refractivity contribution < 1.29 is 13.2 Å². The first-order valence-corrected chi connectivity index (χ1v) is 13.9. The zero-order chi connectivity index (χ0) is 24.3. The molecule has 10 heteroatoms. The van der Waals surface area contributed by atoms with E-state index in [0.717, 1.165) is 36.0 Å². The summed E-state index contributed by atoms with van der Waals surface area (Å²) < 4.78 is 28.8. The van der Waals surface area contributed by atoms with Gasteiger partial charge in [0.05, 0.1) is 15.1 Å². The van der Waals surface area contributed by atoms with E-state index in [1.54, 1.807) is 33.5 Å². The van der Waals surface area contributed by atoms with E-state index < -0.39 is 10.0 Å². The number of sulfonamides is 1. The number of amides is 1. The summed E-state index contributed by atoms with van der Waals surface area (Å²) in [6, 6.07) is 14.2. The van der Waals surface area contributed by atoms with Crippen LogP contribution in [0.1, 0.15) is 36.5 Å². The average molecular weight is 537 g/mol. The van der Waals surface area contributed by atoms with Crippen LogP contribution in [0.4, 0.5) is 5.13 Å². The van der Waals surface area contributed by atoms with Gasteiger partial charge in [-0.25, -0.2) is 13.4 Å². The zero-order valence-electron chi connectivity index (χ0n) is 20.4. The lowest BCUT2D eigenvalue weighted by molar-refractivity contribution is 0.0986. The summed E-state index contributed by atoms with van der Waals surface area (Å²) in [5, 5.41) is 0.656. The summed E-state index contributed by atoms with van der Waals surface area (Å²) in [5.74, 6) is 0.183. The summed E-state index contributed by atoms with van der Waals surface area (Å²) >= 11 is 1.49. The molecule has 1 unspecified atom stereocenters. The number of carbonyl (C=O) groups excluding carboxylic acids is 1. The molecule has 1 amide bonds. The first-order chi connectivity index (χ1) is 16.3. The fourth-order valence-electron chi connectivity index (χ4n) is 4.24. The van der Waals surface area contributed by atoms with Crippen LogP contribution in [-0.2, 0) is 10.0 Å². The number of rotatable bonds is 8. The Morgan fingerprint density at radius 1 is 1.11 bits per heavy atom. The standard InChI is InChI=1S/C25H32N4O3S2.ClH/c1-19-8-6-16-28(18-19)34(31,32)21-13-11-20(12-14-21)24(30)29(17-7-15-27(2)3)25-26-22-9-4-5-10-23(22)33-25;/h4-5,9-14,19H,6-8,15-18H2,1-3H3;1H. The molecule has 0 bridgehead atoms. The molecule has 1 aliphatic rings. The number of hydrogen-bond donors (Lipinski definition) is 0. The van der Waals surface area contributed by atoms with E-state index >= 15 is 0 Å². The number of para-hydroxylation sites is 1. The van der Waals surface area contributed by atoms with E-state index in [-0.39, 0.29) is 23.2 Å². The highest BCUT2D eigenvalue weighted by Crippen LogP contribution is 2.30. The maximum atomic E-state index is 13.5. The fraction of sp³-hybridized carbons (Fsp3) is 0.440. The van der Waals surface area contributed by atoms with Crippen molar-refractivity contribution in [1.82, 2.24) is 14.2 Å². The van der Waals surface area contributed by atoms with Crippen molar-refractivity contribution >= 4 is 55.0 Å². The molecule has 35 heavy (non-hydrogen) atoms. The minimum Gasteiger partial charge on any atom is -0.309 e. The number of carbonyl (C=O) groups is 1. The molecule has 4 rings (SSSR count). The number of aromatic nitrogens is 1. The Kier molecular flexibility index (Phi) is 9.28. The molecule has 1 aliphatic heterocycles. The van der Waals surface area contributed by atoms with Crippen LogP contribution in [0.3, 0.4) is 0 Å². The van der Waals surface area contributed by atoms with Crippen molar-refractivity contribution in [1.29, 1.82) is 0 Å². The number of halogens is 1. The predicted molar refractivity (Wildman–Crippen MR) is 145 cm³/mol. The summed E-state index contributed by atoms with van der Waals surface area (Å²) in [4.78, 5) is 22.2. The number of fused-ring (bicyclic) bond motifs is 1. The van der Waals surface area contributed by atoms with Gasteiger partial charge in [-0.2, -0.15) is 4.31 Å². The third kappa shape index (κ3) is 6.40. The number of piperidine rings is 1. The Balaban J connectivity index is 0.00000342. The Bertz CT molecular complexity index is 1210. The molecule has 0 spiro atoms. The van der Waals surface area contributed by atoms with E-state index in [1.165, 1.54) is 11.3 Å². The largest absolute Gasteiger partial charge is 0.309 e. The first kappa shape index (κ1) is 27.5. The highest BCUT2D eigenvalue weighted by Gasteiger charge is 2.29. The molecule has 7 nitrogen and oxygen atoms in total. The normalized spacial score (nSPS) is 16.9. The summed E-state index contributed by atoms with van der Waals surface area (Å²) in [6.07, 6.45) is 2.73. The number of anilines is 1. The van der Waals surface area contributed by atoms with E-state index in [2.05, 4.69) is 16.8 Å². The van der Waals surface area contributed by atoms with E-state index in [9.17, 15) is 13.2 Å². The van der Waals surface area contributed by atoms with E-state index in [4.69, 9.17) is 0 Å². The van der Waals surface area contributed by atoms with Crippen LogP contribution in [0.15, 0.2) is 53.4 Å². The lowest BCUT2D eigenvalue weighted by Crippen LogP contribution is -2.39. The molecular formula is C25H33ClN4O3S2. The molecule has 0 N–H and O–H groups in total. The van der Waals surface area contributed by atoms with Crippen molar-refractivity contribution in [3.05, 3.63) is 54.1 Å². The fourth-order valence-corrected chi connectivity index (χ4v) is 6.83. The second-order valence-electron chi connectivity index (χ2n) is 9.21. The van der Waals surface area contributed by atoms with Gasteiger partial charge in [-0.1, -0.05) is 30.4 Å². The molecule has 0 aliphatic carbocycles. The van der Waals surface area contributed by atoms with Gasteiger partial charge >= 0.3 is 0 Å². The van der Waals surface area contributed by atoms with Gasteiger partial charge in [0.2, 0.25) is 10.0 Å². The van der Waals surface area contributed by atoms with Crippen molar-refractivity contribution in [2.75, 3.05) is 45.2 Å². The van der Waals surface area contributed by atoms with Crippen LogP contribution < -0.4 is 4.90 Å². The number of hydrogen-bond acceptors (Lipinski definition) is 6. The third-order valence-corrected chi connectivity index (χ3v) is 9.04. The lowest BCUT2D eigenvalue weighted by Gasteiger charge is -2.30. The minimum atomic E-state index is -3.56. The van der Waals surface area contributed by atoms with Crippen LogP contribution in [0.5, 0.6) is 0 Å². The quantitative estimate of drug-likeness (QED) is 0.416. The SMILES string of the molecule is CC1CCCN(S(=O)(=O)c2ccc(C(=O)N(CCCN(C)C)c3nc4ccccc4s3)cc2)C1.Cl. The number of benzene rings is 2. The monoisotopic (exact) mass is 536 g/mol. The van der Waals surface area contributed by atoms with Crippen LogP contribution in [0.2, 0.25) is 0 Å². The molecule has 1 atom stereocenters. The van der Waals surface area contributed by atoms with Crippen LogP contribution >= 0.6 is 23.7 Å². The summed E-state index contributed by atoms with van der Waals surface area (Å²) in [7, 11) is 0.454. The van der Waals surface area contributed by atoms with Gasteiger partial charge < -0.3 is 4.90 Å². The van der Waals surface area contributed by atoms with Gasteiger partial charge in [-0.3, -0.25) is 9.69 Å². The molecule has 190 valence electrons. The first-order valence-electron chi connectivity index (χ1n) is 11.7. The molecule has 2 heterocycles. The smallest absolute Gasteiger partial charge is 0.260 e. The molecule has 1 saturated heterocycles. The van der Waals surface area contributed by atoms with Gasteiger partial charge in [0, 0.05) is 25.2 Å². The van der Waals surface area contributed by atoms with Crippen LogP contribution in [0.25, 0.3) is 10.2 Å². The average Bonchev–Trinajstić information content (AvgIpc) is 3.25. The van der Waals surface area contributed by atoms with Gasteiger partial charge in [0.1, 0.15) is 0 Å². The molecule has 1 fully saturated rings. The predicted octanol–water partition coefficient (Wildman–Crippen LogP) is 4.74. The van der Waals surface area contributed by atoms with Gasteiger partial charge in [0.25, 0.3) is 5.91 Å². The minimum absolute atomic E-state index is 0. The Morgan fingerprint density at radius 3 is 2.49 bits per heavy atom. The Labute approximate surface area is 218 Å². The molecular weight excluding hydrogens is 504 g/mol. The van der Waals surface area contributed by atoms with Crippen molar-refractivity contribution in [3.63, 3.8) is 0 Å². The van der Waals surface area contributed by atoms with Gasteiger partial charge in [0.15, 0.2) is 5.13 Å². The lowest BCUT2D eigenvalue weighted by atomic mass is 10.0. The summed E-state index contributed by atoms with van der Waals surface area (Å²) in [6.45, 7) is 4.55. The maximum absolute atomic E-state index is 13.5. The Hall–Kier alpha value is -2.04. The number of nitrogens with zero attached hydrogens (tertiary/aromatic N) is 4. The highest BCUT2D eigenvalue weighted by molar-refractivity contribution is 7.89. The van der Waals surface area contributed by atoms with Gasteiger partial charge in [-0.05, 0) is 82.2 Å². The maximum Gasteiger partial charge on any atom is 0.260 e. The molecule has 0 saturated carbocycles. The van der Waals surface area contributed by atoms with Crippen LogP contribution in [-0.4, -0.2) is 68.8 Å². The molecule has 0 radical (unpaired) electrons. The topological polar surface area (TPSA) is 73.8 Å². The van der Waals surface area contributed by atoms with E-state index in [1.807, 2.05) is 38.4 Å². The second kappa shape index (κ2) is 11.8. The van der Waals surface area contributed by atoms with Crippen molar-refractivity contribution in [3.8, 4) is 0 Å². The second-order valence-corrected chi connectivity index (χ2v) is 12.2. The molecule has 2 aromatic carbocycles.